The van der Waals surface area contributed by atoms with Crippen LogP contribution in [-0.2, 0) is 6.42 Å². The van der Waals surface area contributed by atoms with Gasteiger partial charge in [0.05, 0.1) is 0 Å². The average Bonchev–Trinajstić information content (AvgIpc) is 2.45. The molecule has 1 aliphatic carbocycles. The number of nitrogen functional groups attached to an aromatic ring is 1. The first-order chi connectivity index (χ1) is 9.86. The van der Waals surface area contributed by atoms with Crippen molar-refractivity contribution in [3.05, 3.63) is 17.1 Å². The van der Waals surface area contributed by atoms with Crippen LogP contribution in [0.3, 0.4) is 0 Å². The highest BCUT2D eigenvalue weighted by Gasteiger charge is 2.31. The third kappa shape index (κ3) is 3.54. The van der Waals surface area contributed by atoms with Crippen LogP contribution < -0.4 is 11.3 Å². The maximum atomic E-state index is 5.63. The van der Waals surface area contributed by atoms with Gasteiger partial charge in [-0.2, -0.15) is 0 Å². The van der Waals surface area contributed by atoms with E-state index in [4.69, 9.17) is 10.8 Å². The summed E-state index contributed by atoms with van der Waals surface area (Å²) in [5, 5.41) is 0. The monoisotopic (exact) mass is 290 g/mol. The number of rotatable bonds is 3. The van der Waals surface area contributed by atoms with Gasteiger partial charge in [-0.1, -0.05) is 27.7 Å². The number of aryl methyl sites for hydroxylation is 1. The first kappa shape index (κ1) is 16.2. The minimum absolute atomic E-state index is 0.414. The zero-order valence-electron chi connectivity index (χ0n) is 14.2. The van der Waals surface area contributed by atoms with Gasteiger partial charge in [-0.15, -0.1) is 0 Å². The van der Waals surface area contributed by atoms with Gasteiger partial charge < -0.3 is 5.43 Å². The Morgan fingerprint density at radius 3 is 2.24 bits per heavy atom. The van der Waals surface area contributed by atoms with E-state index in [1.807, 2.05) is 0 Å². The van der Waals surface area contributed by atoms with Crippen molar-refractivity contribution >= 4 is 5.82 Å². The van der Waals surface area contributed by atoms with Crippen LogP contribution in [0.4, 0.5) is 5.82 Å². The summed E-state index contributed by atoms with van der Waals surface area (Å²) < 4.78 is 0. The number of hydrogen-bond donors (Lipinski definition) is 2. The summed E-state index contributed by atoms with van der Waals surface area (Å²) in [5.74, 6) is 8.72. The number of nitrogens with two attached hydrogens (primary N) is 1. The molecule has 0 radical (unpaired) electrons. The van der Waals surface area contributed by atoms with Crippen LogP contribution in [0.2, 0.25) is 0 Å². The summed E-state index contributed by atoms with van der Waals surface area (Å²) in [4.78, 5) is 9.44. The van der Waals surface area contributed by atoms with Gasteiger partial charge in [0.2, 0.25) is 0 Å². The Labute approximate surface area is 128 Å². The van der Waals surface area contributed by atoms with E-state index in [2.05, 4.69) is 45.0 Å². The molecule has 0 unspecified atom stereocenters. The second-order valence-electron chi connectivity index (χ2n) is 7.41. The Morgan fingerprint density at radius 2 is 1.76 bits per heavy atom. The predicted octanol–water partition coefficient (Wildman–Crippen LogP) is 3.95. The van der Waals surface area contributed by atoms with Gasteiger partial charge in [0.15, 0.2) is 0 Å². The largest absolute Gasteiger partial charge is 0.308 e. The first-order valence-electron chi connectivity index (χ1n) is 8.20. The second kappa shape index (κ2) is 6.30. The molecule has 0 aliphatic heterocycles. The van der Waals surface area contributed by atoms with Gasteiger partial charge >= 0.3 is 0 Å². The molecule has 0 bridgehead atoms. The van der Waals surface area contributed by atoms with E-state index in [1.54, 1.807) is 0 Å². The lowest BCUT2D eigenvalue weighted by Gasteiger charge is -2.36. The lowest BCUT2D eigenvalue weighted by atomic mass is 9.69. The summed E-state index contributed by atoms with van der Waals surface area (Å²) in [6, 6.07) is 0. The van der Waals surface area contributed by atoms with Crippen molar-refractivity contribution in [1.29, 1.82) is 0 Å². The van der Waals surface area contributed by atoms with Crippen LogP contribution in [0.25, 0.3) is 0 Å². The van der Waals surface area contributed by atoms with Crippen LogP contribution in [-0.4, -0.2) is 9.97 Å². The molecule has 1 saturated carbocycles. The van der Waals surface area contributed by atoms with E-state index in [-0.39, 0.29) is 0 Å². The first-order valence-corrected chi connectivity index (χ1v) is 8.20. The minimum atomic E-state index is 0.414. The van der Waals surface area contributed by atoms with Crippen molar-refractivity contribution in [3.8, 4) is 0 Å². The Kier molecular flexibility index (Phi) is 4.87. The maximum Gasteiger partial charge on any atom is 0.147 e. The normalized spacial score (nSPS) is 23.1. The van der Waals surface area contributed by atoms with Gasteiger partial charge in [0.1, 0.15) is 11.6 Å². The summed E-state index contributed by atoms with van der Waals surface area (Å²) >= 11 is 0. The molecule has 3 N–H and O–H groups in total. The Hall–Kier alpha value is -1.16. The topological polar surface area (TPSA) is 63.8 Å². The fourth-order valence-electron chi connectivity index (χ4n) is 3.56. The molecule has 1 aromatic heterocycles. The minimum Gasteiger partial charge on any atom is -0.308 e. The lowest BCUT2D eigenvalue weighted by Crippen LogP contribution is -2.26. The van der Waals surface area contributed by atoms with Crippen LogP contribution >= 0.6 is 0 Å². The van der Waals surface area contributed by atoms with Crippen molar-refractivity contribution in [2.75, 3.05) is 5.43 Å². The summed E-state index contributed by atoms with van der Waals surface area (Å²) in [7, 11) is 0. The van der Waals surface area contributed by atoms with Crippen LogP contribution in [0, 0.1) is 18.3 Å². The molecule has 0 saturated heterocycles. The van der Waals surface area contributed by atoms with Gasteiger partial charge in [-0.25, -0.2) is 15.8 Å². The van der Waals surface area contributed by atoms with Crippen LogP contribution in [0.15, 0.2) is 0 Å². The number of nitrogens with zero attached hydrogens (tertiary/aromatic N) is 2. The molecule has 0 spiro atoms. The van der Waals surface area contributed by atoms with Gasteiger partial charge in [0, 0.05) is 17.2 Å². The standard InChI is InChI=1S/C17H30N4/c1-6-14-11(2)19-15(20-16(14)21-18)12-7-9-13(10-8-12)17(3,4)5/h12-13H,6-10,18H2,1-5H3,(H,19,20,21). The highest BCUT2D eigenvalue weighted by molar-refractivity contribution is 5.45. The van der Waals surface area contributed by atoms with Gasteiger partial charge in [-0.3, -0.25) is 0 Å². The molecule has 118 valence electrons. The zero-order valence-corrected chi connectivity index (χ0v) is 14.2. The summed E-state index contributed by atoms with van der Waals surface area (Å²) in [6.45, 7) is 11.2. The zero-order chi connectivity index (χ0) is 15.6. The molecule has 1 heterocycles. The van der Waals surface area contributed by atoms with E-state index in [1.165, 1.54) is 25.7 Å². The maximum absolute atomic E-state index is 5.63. The van der Waals surface area contributed by atoms with Gasteiger partial charge in [0.25, 0.3) is 0 Å². The van der Waals surface area contributed by atoms with E-state index >= 15 is 0 Å². The summed E-state index contributed by atoms with van der Waals surface area (Å²) in [5.41, 5.74) is 5.36. The molecule has 0 atom stereocenters. The van der Waals surface area contributed by atoms with Crippen molar-refractivity contribution in [2.24, 2.45) is 17.2 Å². The van der Waals surface area contributed by atoms with Crippen LogP contribution in [0.1, 0.15) is 76.4 Å². The quantitative estimate of drug-likeness (QED) is 0.653. The predicted molar refractivity (Wildman–Crippen MR) is 88.1 cm³/mol. The van der Waals surface area contributed by atoms with E-state index in [0.29, 0.717) is 11.3 Å². The Morgan fingerprint density at radius 1 is 1.14 bits per heavy atom. The van der Waals surface area contributed by atoms with Crippen molar-refractivity contribution in [2.45, 2.75) is 72.6 Å². The molecule has 1 fully saturated rings. The molecule has 0 amide bonds. The number of hydrazine groups is 1. The van der Waals surface area contributed by atoms with Crippen molar-refractivity contribution in [1.82, 2.24) is 9.97 Å². The van der Waals surface area contributed by atoms with E-state index in [9.17, 15) is 0 Å². The Bertz CT molecular complexity index is 482. The highest BCUT2D eigenvalue weighted by Crippen LogP contribution is 2.42. The van der Waals surface area contributed by atoms with Crippen molar-refractivity contribution < 1.29 is 0 Å². The summed E-state index contributed by atoms with van der Waals surface area (Å²) in [6.07, 6.45) is 5.84. The second-order valence-corrected chi connectivity index (χ2v) is 7.41. The third-order valence-electron chi connectivity index (χ3n) is 5.04. The van der Waals surface area contributed by atoms with Crippen molar-refractivity contribution in [3.63, 3.8) is 0 Å². The lowest BCUT2D eigenvalue weighted by molar-refractivity contribution is 0.167. The van der Waals surface area contributed by atoms with Gasteiger partial charge in [-0.05, 0) is 50.4 Å². The average molecular weight is 290 g/mol. The molecule has 2 rings (SSSR count). The molecule has 0 aromatic carbocycles. The van der Waals surface area contributed by atoms with E-state index in [0.717, 1.165) is 35.2 Å². The number of aromatic nitrogens is 2. The third-order valence-corrected chi connectivity index (χ3v) is 5.04. The smallest absolute Gasteiger partial charge is 0.147 e. The molecular formula is C17H30N4. The highest BCUT2D eigenvalue weighted by atomic mass is 15.3. The fraction of sp³-hybridized carbons (Fsp3) is 0.765. The number of hydrogen-bond acceptors (Lipinski definition) is 4. The van der Waals surface area contributed by atoms with Crippen LogP contribution in [0.5, 0.6) is 0 Å². The number of anilines is 1. The fourth-order valence-corrected chi connectivity index (χ4v) is 3.56. The molecule has 21 heavy (non-hydrogen) atoms. The SMILES string of the molecule is CCc1c(C)nc(C2CCC(C(C)(C)C)CC2)nc1NN. The molecule has 4 heteroatoms. The molecule has 4 nitrogen and oxygen atoms in total. The molecular weight excluding hydrogens is 260 g/mol. The molecule has 1 aliphatic rings. The van der Waals surface area contributed by atoms with E-state index < -0.39 is 0 Å². The Balaban J connectivity index is 2.15. The molecule has 1 aromatic rings. The number of nitrogens with one attached hydrogen (secondary N) is 1.